The Kier molecular flexibility index (Phi) is 7.52. The number of benzene rings is 2. The number of halogens is 1. The first-order valence-corrected chi connectivity index (χ1v) is 14.2. The first-order valence-electron chi connectivity index (χ1n) is 13.8. The molecule has 0 unspecified atom stereocenters. The van der Waals surface area contributed by atoms with Crippen molar-refractivity contribution < 1.29 is 9.53 Å². The van der Waals surface area contributed by atoms with Crippen molar-refractivity contribution in [2.75, 3.05) is 18.4 Å². The quantitative estimate of drug-likeness (QED) is 0.384. The van der Waals surface area contributed by atoms with Crippen LogP contribution in [0.2, 0.25) is 5.02 Å². The third-order valence-corrected chi connectivity index (χ3v) is 8.71. The summed E-state index contributed by atoms with van der Waals surface area (Å²) in [5.74, 6) is 1.35. The molecule has 0 radical (unpaired) electrons. The van der Waals surface area contributed by atoms with Gasteiger partial charge in [-0.05, 0) is 98.0 Å². The van der Waals surface area contributed by atoms with Crippen LogP contribution in [0.5, 0.6) is 5.75 Å². The third kappa shape index (κ3) is 5.82. The minimum absolute atomic E-state index is 0.0363. The van der Waals surface area contributed by atoms with Crippen LogP contribution in [0.4, 0.5) is 10.5 Å². The highest BCUT2D eigenvalue weighted by molar-refractivity contribution is 6.30. The van der Waals surface area contributed by atoms with E-state index in [4.69, 9.17) is 16.3 Å². The Bertz CT molecular complexity index is 1200. The zero-order valence-electron chi connectivity index (χ0n) is 21.6. The van der Waals surface area contributed by atoms with Gasteiger partial charge in [0.2, 0.25) is 0 Å². The van der Waals surface area contributed by atoms with E-state index >= 15 is 0 Å². The lowest BCUT2D eigenvalue weighted by atomic mass is 9.89. The molecule has 3 fully saturated rings. The molecule has 2 aromatic carbocycles. The summed E-state index contributed by atoms with van der Waals surface area (Å²) in [7, 11) is 0. The van der Waals surface area contributed by atoms with Crippen LogP contribution in [-0.2, 0) is 6.54 Å². The van der Waals surface area contributed by atoms with Crippen LogP contribution in [0.15, 0.2) is 73.1 Å². The molecule has 38 heavy (non-hydrogen) atoms. The number of rotatable bonds is 6. The Balaban J connectivity index is 0.973. The molecule has 1 aromatic heterocycles. The van der Waals surface area contributed by atoms with E-state index in [0.717, 1.165) is 61.8 Å². The highest BCUT2D eigenvalue weighted by atomic mass is 35.5. The maximum Gasteiger partial charge on any atom is 0.321 e. The zero-order chi connectivity index (χ0) is 25.9. The largest absolute Gasteiger partial charge is 0.490 e. The number of carbonyl (C=O) groups is 1. The first kappa shape index (κ1) is 25.2. The predicted octanol–water partition coefficient (Wildman–Crippen LogP) is 6.72. The zero-order valence-corrected chi connectivity index (χ0v) is 22.4. The number of urea groups is 1. The summed E-state index contributed by atoms with van der Waals surface area (Å²) in [6, 6.07) is 21.2. The van der Waals surface area contributed by atoms with E-state index in [-0.39, 0.29) is 12.1 Å². The molecule has 3 atom stereocenters. The number of hydrogen-bond donors (Lipinski definition) is 1. The molecule has 7 heteroatoms. The number of nitrogens with zero attached hydrogens (tertiary/aromatic N) is 3. The van der Waals surface area contributed by atoms with Gasteiger partial charge in [-0.15, -0.1) is 0 Å². The number of aromatic nitrogens is 1. The fourth-order valence-electron chi connectivity index (χ4n) is 6.44. The van der Waals surface area contributed by atoms with Gasteiger partial charge in [0.25, 0.3) is 0 Å². The standard InChI is InChI=1S/C31H35ClN4O2/c32-25-5-3-23(4-6-25)24-13-16-35(17-14-24)31(37)34-26-7-11-29(12-8-26)38-30-18-27-9-10-28(19-30)36(27)21-22-2-1-15-33-20-22/h1-8,11-12,15,20,24,27-28,30H,9-10,13-14,16-19,21H2,(H,34,37)/t27-,28+,30+. The fourth-order valence-corrected chi connectivity index (χ4v) is 6.57. The minimum Gasteiger partial charge on any atom is -0.490 e. The molecule has 0 aliphatic carbocycles. The van der Waals surface area contributed by atoms with E-state index in [9.17, 15) is 4.79 Å². The van der Waals surface area contributed by atoms with Gasteiger partial charge in [-0.1, -0.05) is 29.8 Å². The smallest absolute Gasteiger partial charge is 0.321 e. The van der Waals surface area contributed by atoms with Crippen molar-refractivity contribution in [1.29, 1.82) is 0 Å². The topological polar surface area (TPSA) is 57.7 Å². The van der Waals surface area contributed by atoms with Crippen molar-refractivity contribution >= 4 is 23.3 Å². The molecule has 2 bridgehead atoms. The second kappa shape index (κ2) is 11.3. The first-order chi connectivity index (χ1) is 18.6. The van der Waals surface area contributed by atoms with Crippen molar-refractivity contribution in [3.8, 4) is 5.75 Å². The second-order valence-electron chi connectivity index (χ2n) is 10.9. The number of hydrogen-bond acceptors (Lipinski definition) is 4. The Hall–Kier alpha value is -3.09. The molecule has 3 saturated heterocycles. The fraction of sp³-hybridized carbons (Fsp3) is 0.419. The van der Waals surface area contributed by atoms with Gasteiger partial charge in [0, 0.05) is 54.8 Å². The average molecular weight is 531 g/mol. The summed E-state index contributed by atoms with van der Waals surface area (Å²) in [4.78, 5) is 21.7. The van der Waals surface area contributed by atoms with Crippen LogP contribution in [0, 0.1) is 0 Å². The number of fused-ring (bicyclic) bond motifs is 2. The van der Waals surface area contributed by atoms with Gasteiger partial charge in [0.1, 0.15) is 11.9 Å². The van der Waals surface area contributed by atoms with Crippen molar-refractivity contribution in [1.82, 2.24) is 14.8 Å². The highest BCUT2D eigenvalue weighted by Gasteiger charge is 2.41. The number of anilines is 1. The summed E-state index contributed by atoms with van der Waals surface area (Å²) < 4.78 is 6.40. The van der Waals surface area contributed by atoms with Crippen LogP contribution in [0.3, 0.4) is 0 Å². The van der Waals surface area contributed by atoms with E-state index < -0.39 is 0 Å². The number of nitrogens with one attached hydrogen (secondary N) is 1. The lowest BCUT2D eigenvalue weighted by Gasteiger charge is -2.38. The van der Waals surface area contributed by atoms with Crippen LogP contribution < -0.4 is 10.1 Å². The molecular formula is C31H35ClN4O2. The van der Waals surface area contributed by atoms with Crippen LogP contribution in [0.1, 0.15) is 55.6 Å². The van der Waals surface area contributed by atoms with Gasteiger partial charge >= 0.3 is 6.03 Å². The molecule has 4 heterocycles. The molecule has 0 saturated carbocycles. The van der Waals surface area contributed by atoms with Gasteiger partial charge < -0.3 is 15.0 Å². The van der Waals surface area contributed by atoms with Crippen molar-refractivity contribution in [3.05, 3.63) is 89.2 Å². The number of carbonyl (C=O) groups excluding carboxylic acids is 1. The summed E-state index contributed by atoms with van der Waals surface area (Å²) in [5, 5.41) is 3.82. The second-order valence-corrected chi connectivity index (χ2v) is 11.3. The summed E-state index contributed by atoms with van der Waals surface area (Å²) in [6.45, 7) is 2.48. The third-order valence-electron chi connectivity index (χ3n) is 8.46. The molecule has 6 rings (SSSR count). The Morgan fingerprint density at radius 1 is 0.947 bits per heavy atom. The number of amides is 2. The van der Waals surface area contributed by atoms with Crippen LogP contribution in [0.25, 0.3) is 0 Å². The molecule has 3 aromatic rings. The number of piperidine rings is 2. The van der Waals surface area contributed by atoms with Crippen molar-refractivity contribution in [2.24, 2.45) is 0 Å². The average Bonchev–Trinajstić information content (AvgIpc) is 3.17. The molecule has 198 valence electrons. The van der Waals surface area contributed by atoms with Gasteiger partial charge in [-0.2, -0.15) is 0 Å². The van der Waals surface area contributed by atoms with Crippen LogP contribution >= 0.6 is 11.6 Å². The van der Waals surface area contributed by atoms with Gasteiger partial charge in [-0.25, -0.2) is 4.79 Å². The van der Waals surface area contributed by atoms with E-state index in [1.54, 1.807) is 0 Å². The Labute approximate surface area is 230 Å². The molecule has 2 amide bonds. The minimum atomic E-state index is -0.0363. The van der Waals surface area contributed by atoms with Crippen molar-refractivity contribution in [2.45, 2.75) is 69.2 Å². The lowest BCUT2D eigenvalue weighted by Crippen LogP contribution is -2.45. The van der Waals surface area contributed by atoms with Crippen molar-refractivity contribution in [3.63, 3.8) is 0 Å². The van der Waals surface area contributed by atoms with Gasteiger partial charge in [0.05, 0.1) is 0 Å². The molecular weight excluding hydrogens is 496 g/mol. The predicted molar refractivity (Wildman–Crippen MR) is 151 cm³/mol. The molecule has 0 spiro atoms. The Morgan fingerprint density at radius 2 is 1.66 bits per heavy atom. The maximum absolute atomic E-state index is 12.9. The summed E-state index contributed by atoms with van der Waals surface area (Å²) in [5.41, 5.74) is 3.39. The van der Waals surface area contributed by atoms with E-state index in [0.29, 0.717) is 18.0 Å². The van der Waals surface area contributed by atoms with Crippen LogP contribution in [-0.4, -0.2) is 52.1 Å². The maximum atomic E-state index is 12.9. The normalized spacial score (nSPS) is 23.8. The highest BCUT2D eigenvalue weighted by Crippen LogP contribution is 2.38. The van der Waals surface area contributed by atoms with E-state index in [1.807, 2.05) is 59.8 Å². The van der Waals surface area contributed by atoms with E-state index in [2.05, 4.69) is 33.4 Å². The van der Waals surface area contributed by atoms with Gasteiger partial charge in [0.15, 0.2) is 0 Å². The molecule has 3 aliphatic rings. The molecule has 1 N–H and O–H groups in total. The summed E-state index contributed by atoms with van der Waals surface area (Å²) >= 11 is 6.02. The number of ether oxygens (including phenoxy) is 1. The number of likely N-dealkylation sites (tertiary alicyclic amines) is 1. The van der Waals surface area contributed by atoms with Gasteiger partial charge in [-0.3, -0.25) is 9.88 Å². The molecule has 6 nitrogen and oxygen atoms in total. The SMILES string of the molecule is O=C(Nc1ccc(O[C@H]2C[C@H]3CC[C@@H](C2)N3Cc2cccnc2)cc1)N1CCC(c2ccc(Cl)cc2)CC1. The number of pyridine rings is 1. The summed E-state index contributed by atoms with van der Waals surface area (Å²) in [6.07, 6.45) is 10.6. The molecule has 3 aliphatic heterocycles. The van der Waals surface area contributed by atoms with E-state index in [1.165, 1.54) is 24.0 Å². The lowest BCUT2D eigenvalue weighted by molar-refractivity contribution is 0.0445. The monoisotopic (exact) mass is 530 g/mol. The Morgan fingerprint density at radius 3 is 2.32 bits per heavy atom.